The monoisotopic (exact) mass is 202 g/mol. The number of benzene rings is 1. The summed E-state index contributed by atoms with van der Waals surface area (Å²) in [6.07, 6.45) is 0. The molecule has 0 amide bonds. The van der Waals surface area contributed by atoms with Crippen LogP contribution in [0, 0.1) is 6.92 Å². The molecule has 0 bridgehead atoms. The molecule has 3 heteroatoms. The first-order valence-electron chi connectivity index (χ1n) is 4.89. The third-order valence-corrected chi connectivity index (χ3v) is 2.48. The normalized spacial score (nSPS) is 10.6. The van der Waals surface area contributed by atoms with Crippen molar-refractivity contribution in [3.63, 3.8) is 0 Å². The lowest BCUT2D eigenvalue weighted by Gasteiger charge is -2.08. The minimum absolute atomic E-state index is 0.497. The zero-order valence-electron chi connectivity index (χ0n) is 8.95. The van der Waals surface area contributed by atoms with Gasteiger partial charge in [0.25, 0.3) is 0 Å². The average Bonchev–Trinajstić information content (AvgIpc) is 2.27. The van der Waals surface area contributed by atoms with Gasteiger partial charge in [-0.1, -0.05) is 6.07 Å². The average molecular weight is 202 g/mol. The Kier molecular flexibility index (Phi) is 2.56. The van der Waals surface area contributed by atoms with Crippen molar-refractivity contribution in [3.05, 3.63) is 35.5 Å². The van der Waals surface area contributed by atoms with Crippen LogP contribution in [-0.4, -0.2) is 12.1 Å². The van der Waals surface area contributed by atoms with Crippen LogP contribution in [0.2, 0.25) is 0 Å². The summed E-state index contributed by atoms with van der Waals surface area (Å²) in [7, 11) is 1.66. The summed E-state index contributed by atoms with van der Waals surface area (Å²) in [4.78, 5) is 4.50. The van der Waals surface area contributed by atoms with E-state index in [4.69, 9.17) is 10.5 Å². The fourth-order valence-corrected chi connectivity index (χ4v) is 1.69. The van der Waals surface area contributed by atoms with Crippen molar-refractivity contribution < 1.29 is 4.74 Å². The number of fused-ring (bicyclic) bond motifs is 1. The molecule has 0 atom stereocenters. The van der Waals surface area contributed by atoms with E-state index in [0.29, 0.717) is 6.54 Å². The van der Waals surface area contributed by atoms with Gasteiger partial charge >= 0.3 is 0 Å². The lowest BCUT2D eigenvalue weighted by atomic mass is 10.1. The number of nitrogens with zero attached hydrogens (tertiary/aromatic N) is 1. The first-order chi connectivity index (χ1) is 7.26. The minimum atomic E-state index is 0.497. The van der Waals surface area contributed by atoms with Crippen LogP contribution in [0.4, 0.5) is 0 Å². The topological polar surface area (TPSA) is 48.1 Å². The van der Waals surface area contributed by atoms with Gasteiger partial charge in [0, 0.05) is 17.6 Å². The highest BCUT2D eigenvalue weighted by molar-refractivity contribution is 5.88. The van der Waals surface area contributed by atoms with Gasteiger partial charge in [-0.2, -0.15) is 0 Å². The number of aromatic nitrogens is 1. The summed E-state index contributed by atoms with van der Waals surface area (Å²) >= 11 is 0. The molecule has 15 heavy (non-hydrogen) atoms. The molecule has 0 aliphatic carbocycles. The molecule has 0 spiro atoms. The third-order valence-electron chi connectivity index (χ3n) is 2.48. The molecule has 1 aromatic carbocycles. The summed E-state index contributed by atoms with van der Waals surface area (Å²) in [5, 5.41) is 1.02. The quantitative estimate of drug-likeness (QED) is 0.810. The Bertz CT molecular complexity index is 494. The van der Waals surface area contributed by atoms with E-state index in [0.717, 1.165) is 27.9 Å². The van der Waals surface area contributed by atoms with E-state index in [1.165, 1.54) is 0 Å². The molecular weight excluding hydrogens is 188 g/mol. The number of hydrogen-bond acceptors (Lipinski definition) is 3. The van der Waals surface area contributed by atoms with E-state index in [1.54, 1.807) is 7.11 Å². The Morgan fingerprint density at radius 2 is 2.07 bits per heavy atom. The molecule has 1 aromatic heterocycles. The van der Waals surface area contributed by atoms with Gasteiger partial charge in [-0.05, 0) is 30.7 Å². The van der Waals surface area contributed by atoms with Crippen LogP contribution < -0.4 is 10.5 Å². The van der Waals surface area contributed by atoms with E-state index in [-0.39, 0.29) is 0 Å². The number of methoxy groups -OCH3 is 1. The lowest BCUT2D eigenvalue weighted by Crippen LogP contribution is -2.00. The van der Waals surface area contributed by atoms with E-state index < -0.39 is 0 Å². The summed E-state index contributed by atoms with van der Waals surface area (Å²) < 4.78 is 5.29. The molecule has 3 nitrogen and oxygen atoms in total. The maximum atomic E-state index is 5.68. The molecule has 2 rings (SSSR count). The van der Waals surface area contributed by atoms with Gasteiger partial charge in [-0.3, -0.25) is 4.98 Å². The van der Waals surface area contributed by atoms with Crippen molar-refractivity contribution in [1.82, 2.24) is 4.98 Å². The highest BCUT2D eigenvalue weighted by Gasteiger charge is 2.06. The second kappa shape index (κ2) is 3.87. The van der Waals surface area contributed by atoms with Crippen LogP contribution in [-0.2, 0) is 6.54 Å². The van der Waals surface area contributed by atoms with Gasteiger partial charge < -0.3 is 10.5 Å². The number of aryl methyl sites for hydroxylation is 1. The summed E-state index contributed by atoms with van der Waals surface area (Å²) in [6.45, 7) is 2.47. The fourth-order valence-electron chi connectivity index (χ4n) is 1.69. The van der Waals surface area contributed by atoms with E-state index >= 15 is 0 Å². The molecular formula is C12H14N2O. The molecule has 0 aliphatic rings. The summed E-state index contributed by atoms with van der Waals surface area (Å²) in [6, 6.07) is 7.90. The second-order valence-electron chi connectivity index (χ2n) is 3.48. The zero-order chi connectivity index (χ0) is 10.8. The fraction of sp³-hybridized carbons (Fsp3) is 0.250. The molecule has 0 radical (unpaired) electrons. The van der Waals surface area contributed by atoms with Crippen molar-refractivity contribution in [2.24, 2.45) is 5.73 Å². The maximum absolute atomic E-state index is 5.68. The second-order valence-corrected chi connectivity index (χ2v) is 3.48. The Labute approximate surface area is 88.9 Å². The molecule has 0 saturated heterocycles. The van der Waals surface area contributed by atoms with Gasteiger partial charge in [0.05, 0.1) is 12.6 Å². The molecule has 0 fully saturated rings. The van der Waals surface area contributed by atoms with Crippen LogP contribution in [0.5, 0.6) is 5.75 Å². The van der Waals surface area contributed by atoms with Crippen LogP contribution in [0.1, 0.15) is 11.3 Å². The van der Waals surface area contributed by atoms with E-state index in [9.17, 15) is 0 Å². The van der Waals surface area contributed by atoms with Crippen LogP contribution >= 0.6 is 0 Å². The smallest absolute Gasteiger partial charge is 0.128 e. The van der Waals surface area contributed by atoms with Crippen LogP contribution in [0.3, 0.4) is 0 Å². The predicted molar refractivity (Wildman–Crippen MR) is 60.9 cm³/mol. The molecule has 2 aromatic rings. The Hall–Kier alpha value is -1.61. The Morgan fingerprint density at radius 1 is 1.27 bits per heavy atom. The van der Waals surface area contributed by atoms with Crippen molar-refractivity contribution in [2.45, 2.75) is 13.5 Å². The first kappa shape index (κ1) is 9.93. The minimum Gasteiger partial charge on any atom is -0.496 e. The Balaban J connectivity index is 2.80. The number of nitrogens with two attached hydrogens (primary N) is 1. The van der Waals surface area contributed by atoms with Crippen LogP contribution in [0.25, 0.3) is 10.9 Å². The Morgan fingerprint density at radius 3 is 2.73 bits per heavy atom. The third kappa shape index (κ3) is 1.66. The molecule has 78 valence electrons. The lowest BCUT2D eigenvalue weighted by molar-refractivity contribution is 0.419. The molecule has 1 heterocycles. The maximum Gasteiger partial charge on any atom is 0.128 e. The van der Waals surface area contributed by atoms with Gasteiger partial charge in [0.2, 0.25) is 0 Å². The number of ether oxygens (including phenoxy) is 1. The first-order valence-corrected chi connectivity index (χ1v) is 4.89. The molecule has 0 aliphatic heterocycles. The van der Waals surface area contributed by atoms with E-state index in [2.05, 4.69) is 4.98 Å². The SMILES string of the molecule is COc1ccc(CN)c2nc(C)ccc12. The van der Waals surface area contributed by atoms with Gasteiger partial charge in [0.1, 0.15) is 5.75 Å². The highest BCUT2D eigenvalue weighted by Crippen LogP contribution is 2.27. The number of pyridine rings is 1. The van der Waals surface area contributed by atoms with Gasteiger partial charge in [-0.15, -0.1) is 0 Å². The standard InChI is InChI=1S/C12H14N2O/c1-8-3-5-10-11(15-2)6-4-9(7-13)12(10)14-8/h3-6H,7,13H2,1-2H3. The molecule has 0 saturated carbocycles. The van der Waals surface area contributed by atoms with Crippen molar-refractivity contribution in [2.75, 3.05) is 7.11 Å². The van der Waals surface area contributed by atoms with Crippen LogP contribution in [0.15, 0.2) is 24.3 Å². The summed E-state index contributed by atoms with van der Waals surface area (Å²) in [5.41, 5.74) is 8.66. The van der Waals surface area contributed by atoms with Crippen molar-refractivity contribution in [1.29, 1.82) is 0 Å². The zero-order valence-corrected chi connectivity index (χ0v) is 8.95. The number of hydrogen-bond donors (Lipinski definition) is 1. The predicted octanol–water partition coefficient (Wildman–Crippen LogP) is 2.01. The van der Waals surface area contributed by atoms with Gasteiger partial charge in [-0.25, -0.2) is 0 Å². The highest BCUT2D eigenvalue weighted by atomic mass is 16.5. The largest absolute Gasteiger partial charge is 0.496 e. The van der Waals surface area contributed by atoms with Gasteiger partial charge in [0.15, 0.2) is 0 Å². The molecule has 0 unspecified atom stereocenters. The molecule has 2 N–H and O–H groups in total. The van der Waals surface area contributed by atoms with Crippen molar-refractivity contribution >= 4 is 10.9 Å². The van der Waals surface area contributed by atoms with Crippen molar-refractivity contribution in [3.8, 4) is 5.75 Å². The summed E-state index contributed by atoms with van der Waals surface area (Å²) in [5.74, 6) is 0.842. The number of rotatable bonds is 2. The van der Waals surface area contributed by atoms with E-state index in [1.807, 2.05) is 31.2 Å².